The minimum absolute atomic E-state index is 0.110. The van der Waals surface area contributed by atoms with Gasteiger partial charge < -0.3 is 5.32 Å². The first-order valence-corrected chi connectivity index (χ1v) is 10.7. The van der Waals surface area contributed by atoms with E-state index < -0.39 is 0 Å². The lowest BCUT2D eigenvalue weighted by Crippen LogP contribution is -2.35. The van der Waals surface area contributed by atoms with E-state index in [1.165, 1.54) is 37.4 Å². The Bertz CT molecular complexity index is 898. The fraction of sp³-hybridized carbons (Fsp3) is 0.364. The fourth-order valence-corrected chi connectivity index (χ4v) is 4.59. The highest BCUT2D eigenvalue weighted by Crippen LogP contribution is 2.28. The van der Waals surface area contributed by atoms with Gasteiger partial charge in [-0.05, 0) is 37.1 Å². The maximum absolute atomic E-state index is 12.5. The van der Waals surface area contributed by atoms with Gasteiger partial charge in [0.05, 0.1) is 16.8 Å². The van der Waals surface area contributed by atoms with Crippen molar-refractivity contribution in [3.05, 3.63) is 54.6 Å². The van der Waals surface area contributed by atoms with Crippen molar-refractivity contribution in [1.82, 2.24) is 14.9 Å². The van der Waals surface area contributed by atoms with E-state index in [0.29, 0.717) is 11.8 Å². The standard InChI is InChI=1S/C22H25N3OS/c26-21(23-17-10-4-1-2-5-11-17)16-27-22-24-19-14-8-9-15-20(19)25(22)18-12-6-3-7-13-18/h3,6-9,12-15,17H,1-2,4-5,10-11,16H2,(H,23,26). The van der Waals surface area contributed by atoms with Crippen LogP contribution in [0.5, 0.6) is 0 Å². The predicted molar refractivity (Wildman–Crippen MR) is 111 cm³/mol. The van der Waals surface area contributed by atoms with E-state index in [0.717, 1.165) is 34.7 Å². The van der Waals surface area contributed by atoms with Gasteiger partial charge in [-0.2, -0.15) is 0 Å². The number of nitrogens with zero attached hydrogens (tertiary/aromatic N) is 2. The van der Waals surface area contributed by atoms with Crippen LogP contribution in [0.1, 0.15) is 38.5 Å². The van der Waals surface area contributed by atoms with Crippen LogP contribution in [0, 0.1) is 0 Å². The molecule has 1 aromatic heterocycles. The minimum atomic E-state index is 0.110. The number of aromatic nitrogens is 2. The first-order chi connectivity index (χ1) is 13.3. The highest BCUT2D eigenvalue weighted by atomic mass is 32.2. The molecule has 3 aromatic rings. The van der Waals surface area contributed by atoms with Gasteiger partial charge >= 0.3 is 0 Å². The molecule has 4 rings (SSSR count). The van der Waals surface area contributed by atoms with Crippen LogP contribution in [0.3, 0.4) is 0 Å². The van der Waals surface area contributed by atoms with Crippen LogP contribution in [-0.4, -0.2) is 27.3 Å². The molecule has 1 fully saturated rings. The van der Waals surface area contributed by atoms with Crippen molar-refractivity contribution in [2.45, 2.75) is 49.7 Å². The number of imidazole rings is 1. The second-order valence-electron chi connectivity index (χ2n) is 7.10. The summed E-state index contributed by atoms with van der Waals surface area (Å²) in [4.78, 5) is 17.3. The Balaban J connectivity index is 1.51. The minimum Gasteiger partial charge on any atom is -0.353 e. The van der Waals surface area contributed by atoms with Crippen LogP contribution < -0.4 is 5.32 Å². The first kappa shape index (κ1) is 18.1. The molecule has 1 amide bonds. The van der Waals surface area contributed by atoms with Crippen molar-refractivity contribution in [3.63, 3.8) is 0 Å². The third-order valence-corrected chi connectivity index (χ3v) is 6.04. The number of rotatable bonds is 5. The Labute approximate surface area is 164 Å². The molecule has 5 heteroatoms. The van der Waals surface area contributed by atoms with Crippen molar-refractivity contribution in [3.8, 4) is 5.69 Å². The average Bonchev–Trinajstić information content (AvgIpc) is 2.88. The SMILES string of the molecule is O=C(CSc1nc2ccccc2n1-c1ccccc1)NC1CCCCCC1. The van der Waals surface area contributed by atoms with E-state index in [4.69, 9.17) is 4.98 Å². The maximum atomic E-state index is 12.5. The molecule has 4 nitrogen and oxygen atoms in total. The van der Waals surface area contributed by atoms with Crippen LogP contribution in [-0.2, 0) is 4.79 Å². The zero-order valence-electron chi connectivity index (χ0n) is 15.4. The van der Waals surface area contributed by atoms with Gasteiger partial charge in [-0.3, -0.25) is 9.36 Å². The highest BCUT2D eigenvalue weighted by Gasteiger charge is 2.17. The molecule has 0 radical (unpaired) electrons. The van der Waals surface area contributed by atoms with E-state index >= 15 is 0 Å². The van der Waals surface area contributed by atoms with Crippen LogP contribution >= 0.6 is 11.8 Å². The number of amides is 1. The quantitative estimate of drug-likeness (QED) is 0.504. The molecule has 0 atom stereocenters. The molecule has 2 aromatic carbocycles. The molecule has 1 aliphatic rings. The number of thioether (sulfide) groups is 1. The van der Waals surface area contributed by atoms with E-state index in [9.17, 15) is 4.79 Å². The predicted octanol–water partition coefficient (Wildman–Crippen LogP) is 4.96. The van der Waals surface area contributed by atoms with Crippen LogP contribution in [0.15, 0.2) is 59.8 Å². The first-order valence-electron chi connectivity index (χ1n) is 9.76. The molecule has 0 saturated heterocycles. The number of hydrogen-bond donors (Lipinski definition) is 1. The lowest BCUT2D eigenvalue weighted by Gasteiger charge is -2.16. The largest absolute Gasteiger partial charge is 0.353 e. The summed E-state index contributed by atoms with van der Waals surface area (Å²) in [6.45, 7) is 0. The summed E-state index contributed by atoms with van der Waals surface area (Å²) in [5.41, 5.74) is 3.08. The highest BCUT2D eigenvalue weighted by molar-refractivity contribution is 7.99. The Morgan fingerprint density at radius 1 is 1.00 bits per heavy atom. The summed E-state index contributed by atoms with van der Waals surface area (Å²) in [6, 6.07) is 18.7. The molecular weight excluding hydrogens is 354 g/mol. The van der Waals surface area contributed by atoms with Gasteiger partial charge in [-0.25, -0.2) is 4.98 Å². The zero-order valence-corrected chi connectivity index (χ0v) is 16.3. The summed E-state index contributed by atoms with van der Waals surface area (Å²) in [7, 11) is 0. The molecule has 0 aliphatic heterocycles. The Hall–Kier alpha value is -2.27. The van der Waals surface area contributed by atoms with Crippen molar-refractivity contribution in [2.75, 3.05) is 5.75 Å². The summed E-state index contributed by atoms with van der Waals surface area (Å²) in [6.07, 6.45) is 7.26. The summed E-state index contributed by atoms with van der Waals surface area (Å²) in [5.74, 6) is 0.505. The van der Waals surface area contributed by atoms with E-state index in [-0.39, 0.29) is 5.91 Å². The molecule has 1 heterocycles. The van der Waals surface area contributed by atoms with Crippen molar-refractivity contribution in [2.24, 2.45) is 0 Å². The molecule has 1 saturated carbocycles. The van der Waals surface area contributed by atoms with Gasteiger partial charge in [0.1, 0.15) is 0 Å². The van der Waals surface area contributed by atoms with Gasteiger partial charge in [-0.1, -0.05) is 67.8 Å². The Morgan fingerprint density at radius 2 is 1.70 bits per heavy atom. The fourth-order valence-electron chi connectivity index (χ4n) is 3.75. The van der Waals surface area contributed by atoms with Gasteiger partial charge in [0.25, 0.3) is 0 Å². The van der Waals surface area contributed by atoms with Crippen LogP contribution in [0.25, 0.3) is 16.7 Å². The molecule has 140 valence electrons. The number of benzene rings is 2. The van der Waals surface area contributed by atoms with E-state index in [2.05, 4.69) is 28.1 Å². The Kier molecular flexibility index (Phi) is 5.78. The number of carbonyl (C=O) groups is 1. The second-order valence-corrected chi connectivity index (χ2v) is 8.04. The smallest absolute Gasteiger partial charge is 0.230 e. The average molecular weight is 380 g/mol. The van der Waals surface area contributed by atoms with E-state index in [1.54, 1.807) is 0 Å². The molecule has 0 bridgehead atoms. The summed E-state index contributed by atoms with van der Waals surface area (Å²) in [5, 5.41) is 4.08. The molecule has 1 aliphatic carbocycles. The zero-order chi connectivity index (χ0) is 18.5. The number of fused-ring (bicyclic) bond motifs is 1. The Morgan fingerprint density at radius 3 is 2.48 bits per heavy atom. The number of carbonyl (C=O) groups excluding carboxylic acids is 1. The second kappa shape index (κ2) is 8.61. The third-order valence-electron chi connectivity index (χ3n) is 5.10. The van der Waals surface area contributed by atoms with Gasteiger partial charge in [-0.15, -0.1) is 0 Å². The van der Waals surface area contributed by atoms with Gasteiger partial charge in [0.15, 0.2) is 5.16 Å². The number of hydrogen-bond acceptors (Lipinski definition) is 3. The van der Waals surface area contributed by atoms with E-state index in [1.807, 2.05) is 36.4 Å². The molecule has 27 heavy (non-hydrogen) atoms. The monoisotopic (exact) mass is 379 g/mol. The van der Waals surface area contributed by atoms with Crippen molar-refractivity contribution < 1.29 is 4.79 Å². The van der Waals surface area contributed by atoms with Crippen molar-refractivity contribution >= 4 is 28.7 Å². The topological polar surface area (TPSA) is 46.9 Å². The van der Waals surface area contributed by atoms with Crippen LogP contribution in [0.4, 0.5) is 0 Å². The number of para-hydroxylation sites is 3. The summed E-state index contributed by atoms with van der Waals surface area (Å²) >= 11 is 1.51. The molecule has 1 N–H and O–H groups in total. The lowest BCUT2D eigenvalue weighted by molar-refractivity contribution is -0.119. The number of nitrogens with one attached hydrogen (secondary N) is 1. The normalized spacial score (nSPS) is 15.6. The molecule has 0 spiro atoms. The molecular formula is C22H25N3OS. The summed E-state index contributed by atoms with van der Waals surface area (Å²) < 4.78 is 2.14. The third kappa shape index (κ3) is 4.35. The van der Waals surface area contributed by atoms with Crippen molar-refractivity contribution in [1.29, 1.82) is 0 Å². The van der Waals surface area contributed by atoms with Gasteiger partial charge in [0.2, 0.25) is 5.91 Å². The molecule has 0 unspecified atom stereocenters. The lowest BCUT2D eigenvalue weighted by atomic mass is 10.1. The maximum Gasteiger partial charge on any atom is 0.230 e. The van der Waals surface area contributed by atoms with Crippen LogP contribution in [0.2, 0.25) is 0 Å². The van der Waals surface area contributed by atoms with Gasteiger partial charge in [0, 0.05) is 11.7 Å².